The van der Waals surface area contributed by atoms with E-state index in [1.54, 1.807) is 0 Å². The van der Waals surface area contributed by atoms with Crippen molar-refractivity contribution in [2.24, 2.45) is 0 Å². The predicted octanol–water partition coefficient (Wildman–Crippen LogP) is 4.21. The van der Waals surface area contributed by atoms with Gasteiger partial charge in [0.25, 0.3) is 0 Å². The van der Waals surface area contributed by atoms with Crippen molar-refractivity contribution in [2.45, 2.75) is 20.4 Å². The highest BCUT2D eigenvalue weighted by Crippen LogP contribution is 2.21. The second-order valence-corrected chi connectivity index (χ2v) is 8.06. The number of carbonyl (C=O) groups is 1. The van der Waals surface area contributed by atoms with Crippen LogP contribution in [-0.4, -0.2) is 48.4 Å². The Balaban J connectivity index is 1.30. The van der Waals surface area contributed by atoms with Crippen LogP contribution in [0.1, 0.15) is 16.7 Å². The van der Waals surface area contributed by atoms with E-state index in [9.17, 15) is 4.79 Å². The first-order valence-corrected chi connectivity index (χ1v) is 10.4. The van der Waals surface area contributed by atoms with E-state index in [1.165, 1.54) is 16.3 Å². The van der Waals surface area contributed by atoms with Crippen molar-refractivity contribution in [3.8, 4) is 0 Å². The molecule has 3 aromatic carbocycles. The molecule has 1 aliphatic heterocycles. The summed E-state index contributed by atoms with van der Waals surface area (Å²) in [6.07, 6.45) is 0. The zero-order chi connectivity index (χ0) is 20.2. The Kier molecular flexibility index (Phi) is 5.93. The smallest absolute Gasteiger partial charge is 0.238 e. The summed E-state index contributed by atoms with van der Waals surface area (Å²) in [6, 6.07) is 21.3. The number of carbonyl (C=O) groups excluding carboxylic acids is 1. The van der Waals surface area contributed by atoms with Gasteiger partial charge < -0.3 is 5.32 Å². The number of hydrogen-bond acceptors (Lipinski definition) is 3. The zero-order valence-corrected chi connectivity index (χ0v) is 17.3. The number of rotatable bonds is 5. The Labute approximate surface area is 173 Å². The van der Waals surface area contributed by atoms with Gasteiger partial charge in [-0.3, -0.25) is 14.6 Å². The Morgan fingerprint density at radius 1 is 0.897 bits per heavy atom. The summed E-state index contributed by atoms with van der Waals surface area (Å²) < 4.78 is 0. The van der Waals surface area contributed by atoms with Crippen molar-refractivity contribution in [1.82, 2.24) is 9.80 Å². The van der Waals surface area contributed by atoms with E-state index in [2.05, 4.69) is 69.7 Å². The van der Waals surface area contributed by atoms with Gasteiger partial charge in [0, 0.05) is 38.4 Å². The van der Waals surface area contributed by atoms with Gasteiger partial charge in [0.1, 0.15) is 0 Å². The van der Waals surface area contributed by atoms with Crippen LogP contribution in [0.2, 0.25) is 0 Å². The van der Waals surface area contributed by atoms with Gasteiger partial charge in [-0.2, -0.15) is 0 Å². The van der Waals surface area contributed by atoms with Gasteiger partial charge in [0.05, 0.1) is 6.54 Å². The van der Waals surface area contributed by atoms with Crippen LogP contribution in [0.3, 0.4) is 0 Å². The summed E-state index contributed by atoms with van der Waals surface area (Å²) in [4.78, 5) is 17.2. The standard InChI is InChI=1S/C25H29N3O/c1-19-10-11-20(2)24(16-19)26-25(29)18-28-14-12-27(13-15-28)17-22-8-5-7-21-6-3-4-9-23(21)22/h3-11,16H,12-15,17-18H2,1-2H3,(H,26,29). The van der Waals surface area contributed by atoms with Gasteiger partial charge in [-0.15, -0.1) is 0 Å². The van der Waals surface area contributed by atoms with Crippen LogP contribution in [0, 0.1) is 13.8 Å². The molecule has 1 aliphatic rings. The minimum Gasteiger partial charge on any atom is -0.325 e. The molecule has 0 aliphatic carbocycles. The third-order valence-electron chi connectivity index (χ3n) is 5.77. The fraction of sp³-hybridized carbons (Fsp3) is 0.320. The van der Waals surface area contributed by atoms with E-state index in [-0.39, 0.29) is 5.91 Å². The maximum Gasteiger partial charge on any atom is 0.238 e. The van der Waals surface area contributed by atoms with E-state index in [4.69, 9.17) is 0 Å². The van der Waals surface area contributed by atoms with Crippen LogP contribution in [0.5, 0.6) is 0 Å². The van der Waals surface area contributed by atoms with Gasteiger partial charge in [-0.25, -0.2) is 0 Å². The third kappa shape index (κ3) is 4.84. The van der Waals surface area contributed by atoms with E-state index >= 15 is 0 Å². The molecule has 1 N–H and O–H groups in total. The van der Waals surface area contributed by atoms with E-state index in [1.807, 2.05) is 19.9 Å². The molecule has 1 amide bonds. The molecule has 0 aromatic heterocycles. The summed E-state index contributed by atoms with van der Waals surface area (Å²) in [5, 5.41) is 5.71. The molecule has 0 saturated carbocycles. The first-order chi connectivity index (χ1) is 14.1. The molecule has 0 unspecified atom stereocenters. The van der Waals surface area contributed by atoms with Crippen LogP contribution in [0.15, 0.2) is 60.7 Å². The lowest BCUT2D eigenvalue weighted by Gasteiger charge is -2.34. The first-order valence-electron chi connectivity index (χ1n) is 10.4. The van der Waals surface area contributed by atoms with Crippen LogP contribution in [0.4, 0.5) is 5.69 Å². The molecule has 1 heterocycles. The monoisotopic (exact) mass is 387 g/mol. The number of aryl methyl sites for hydroxylation is 2. The SMILES string of the molecule is Cc1ccc(C)c(NC(=O)CN2CCN(Cc3cccc4ccccc34)CC2)c1. The summed E-state index contributed by atoms with van der Waals surface area (Å²) >= 11 is 0. The molecule has 0 radical (unpaired) electrons. The fourth-order valence-electron chi connectivity index (χ4n) is 4.04. The minimum atomic E-state index is 0.0706. The lowest BCUT2D eigenvalue weighted by Crippen LogP contribution is -2.48. The molecule has 29 heavy (non-hydrogen) atoms. The van der Waals surface area contributed by atoms with Crippen LogP contribution >= 0.6 is 0 Å². The van der Waals surface area contributed by atoms with Crippen molar-refractivity contribution < 1.29 is 4.79 Å². The van der Waals surface area contributed by atoms with Crippen molar-refractivity contribution in [2.75, 3.05) is 38.0 Å². The quantitative estimate of drug-likeness (QED) is 0.712. The number of hydrogen-bond donors (Lipinski definition) is 1. The van der Waals surface area contributed by atoms with Crippen molar-refractivity contribution >= 4 is 22.4 Å². The predicted molar refractivity (Wildman–Crippen MR) is 120 cm³/mol. The summed E-state index contributed by atoms with van der Waals surface area (Å²) in [6.45, 7) is 9.31. The molecular weight excluding hydrogens is 358 g/mol. The second kappa shape index (κ2) is 8.76. The number of piperazine rings is 1. The molecule has 3 aromatic rings. The van der Waals surface area contributed by atoms with Gasteiger partial charge in [-0.1, -0.05) is 54.6 Å². The largest absolute Gasteiger partial charge is 0.325 e. The molecule has 4 nitrogen and oxygen atoms in total. The van der Waals surface area contributed by atoms with Crippen molar-refractivity contribution in [3.63, 3.8) is 0 Å². The average Bonchev–Trinajstić information content (AvgIpc) is 2.72. The lowest BCUT2D eigenvalue weighted by molar-refractivity contribution is -0.117. The second-order valence-electron chi connectivity index (χ2n) is 8.06. The Bertz CT molecular complexity index is 1000. The zero-order valence-electron chi connectivity index (χ0n) is 17.3. The lowest BCUT2D eigenvalue weighted by atomic mass is 10.0. The molecule has 4 heteroatoms. The Morgan fingerprint density at radius 3 is 2.45 bits per heavy atom. The normalized spacial score (nSPS) is 15.5. The molecule has 1 saturated heterocycles. The summed E-state index contributed by atoms with van der Waals surface area (Å²) in [5.41, 5.74) is 4.56. The molecule has 1 fully saturated rings. The molecule has 0 spiro atoms. The maximum atomic E-state index is 12.5. The van der Waals surface area contributed by atoms with Crippen molar-refractivity contribution in [1.29, 1.82) is 0 Å². The fourth-order valence-corrected chi connectivity index (χ4v) is 4.04. The molecule has 4 rings (SSSR count). The van der Waals surface area contributed by atoms with E-state index in [0.29, 0.717) is 6.54 Å². The van der Waals surface area contributed by atoms with Gasteiger partial charge in [0.15, 0.2) is 0 Å². The van der Waals surface area contributed by atoms with Gasteiger partial charge in [0.2, 0.25) is 5.91 Å². The van der Waals surface area contributed by atoms with Crippen LogP contribution < -0.4 is 5.32 Å². The summed E-state index contributed by atoms with van der Waals surface area (Å²) in [7, 11) is 0. The highest BCUT2D eigenvalue weighted by molar-refractivity contribution is 5.93. The third-order valence-corrected chi connectivity index (χ3v) is 5.77. The van der Waals surface area contributed by atoms with Crippen molar-refractivity contribution in [3.05, 3.63) is 77.4 Å². The number of fused-ring (bicyclic) bond motifs is 1. The van der Waals surface area contributed by atoms with Gasteiger partial charge in [-0.05, 0) is 47.4 Å². The van der Waals surface area contributed by atoms with Gasteiger partial charge >= 0.3 is 0 Å². The average molecular weight is 388 g/mol. The minimum absolute atomic E-state index is 0.0706. The molecular formula is C25H29N3O. The highest BCUT2D eigenvalue weighted by Gasteiger charge is 2.19. The number of nitrogens with zero attached hydrogens (tertiary/aromatic N) is 2. The highest BCUT2D eigenvalue weighted by atomic mass is 16.2. The van der Waals surface area contributed by atoms with Crippen LogP contribution in [-0.2, 0) is 11.3 Å². The number of amides is 1. The number of nitrogens with one attached hydrogen (secondary N) is 1. The molecule has 0 bridgehead atoms. The topological polar surface area (TPSA) is 35.6 Å². The van der Waals surface area contributed by atoms with E-state index in [0.717, 1.165) is 49.5 Å². The first kappa shape index (κ1) is 19.6. The van der Waals surface area contributed by atoms with Crippen LogP contribution in [0.25, 0.3) is 10.8 Å². The molecule has 150 valence electrons. The number of benzene rings is 3. The Hall–Kier alpha value is -2.69. The Morgan fingerprint density at radius 2 is 1.62 bits per heavy atom. The maximum absolute atomic E-state index is 12.5. The summed E-state index contributed by atoms with van der Waals surface area (Å²) in [5.74, 6) is 0.0706. The molecule has 0 atom stereocenters. The number of anilines is 1. The van der Waals surface area contributed by atoms with E-state index < -0.39 is 0 Å².